The van der Waals surface area contributed by atoms with E-state index in [9.17, 15) is 9.90 Å². The minimum atomic E-state index is -0.880. The number of tetrazole rings is 1. The van der Waals surface area contributed by atoms with E-state index in [1.807, 2.05) is 24.3 Å². The fraction of sp³-hybridized carbons (Fsp3) is 0.387. The molecule has 2 heterocycles. The summed E-state index contributed by atoms with van der Waals surface area (Å²) < 4.78 is 3.74. The number of unbranched alkanes of at least 4 members (excludes halogenated alkanes) is 1. The third-order valence-electron chi connectivity index (χ3n) is 7.72. The number of aryl methyl sites for hydroxylation is 1. The average molecular weight is 559 g/mol. The number of carboxylic acids is 1. The number of hydrogen-bond acceptors (Lipinski definition) is 5. The quantitative estimate of drug-likeness (QED) is 0.199. The van der Waals surface area contributed by atoms with Gasteiger partial charge in [0.1, 0.15) is 12.2 Å². The van der Waals surface area contributed by atoms with E-state index in [2.05, 4.69) is 56.3 Å². The molecule has 0 unspecified atom stereocenters. The highest BCUT2D eigenvalue weighted by molar-refractivity contribution is 6.30. The standard InChI is InChI=1S/C31H35ClN6O2/c1-2-3-13-29-34-30(32)28(19-25(31(39)40)18-22-9-5-4-6-10-22)37(29)20-23-14-16-24(17-15-23)26-11-7-8-12-27(26)38-21-33-35-36-38/h7-8,11-12,14-17,19,21-22H,2-6,9-10,13,18,20H2,1H3,(H,39,40)/b25-19+. The Morgan fingerprint density at radius 3 is 2.58 bits per heavy atom. The molecule has 40 heavy (non-hydrogen) atoms. The number of aliphatic carboxylic acids is 1. The van der Waals surface area contributed by atoms with Crippen LogP contribution in [-0.4, -0.2) is 40.8 Å². The number of carboxylic acid groups (broad SMARTS) is 1. The van der Waals surface area contributed by atoms with Crippen molar-refractivity contribution in [3.63, 3.8) is 0 Å². The lowest BCUT2D eigenvalue weighted by atomic mass is 9.84. The predicted molar refractivity (Wildman–Crippen MR) is 156 cm³/mol. The van der Waals surface area contributed by atoms with Crippen LogP contribution in [0.3, 0.4) is 0 Å². The number of aromatic nitrogens is 6. The van der Waals surface area contributed by atoms with E-state index in [-0.39, 0.29) is 0 Å². The summed E-state index contributed by atoms with van der Waals surface area (Å²) in [6, 6.07) is 16.4. The molecule has 5 rings (SSSR count). The van der Waals surface area contributed by atoms with Crippen LogP contribution in [0.2, 0.25) is 5.15 Å². The number of nitrogens with zero attached hydrogens (tertiary/aromatic N) is 6. The molecule has 0 aliphatic heterocycles. The van der Waals surface area contributed by atoms with Gasteiger partial charge in [-0.15, -0.1) is 5.10 Å². The molecule has 1 N–H and O–H groups in total. The van der Waals surface area contributed by atoms with Crippen LogP contribution < -0.4 is 0 Å². The Kier molecular flexibility index (Phi) is 9.06. The molecule has 208 valence electrons. The normalized spacial score (nSPS) is 14.5. The molecular weight excluding hydrogens is 524 g/mol. The average Bonchev–Trinajstić information content (AvgIpc) is 3.61. The van der Waals surface area contributed by atoms with Crippen molar-refractivity contribution in [3.05, 3.63) is 82.7 Å². The highest BCUT2D eigenvalue weighted by atomic mass is 35.5. The lowest BCUT2D eigenvalue weighted by Gasteiger charge is -2.21. The zero-order chi connectivity index (χ0) is 27.9. The highest BCUT2D eigenvalue weighted by Gasteiger charge is 2.21. The molecule has 9 heteroatoms. The maximum absolute atomic E-state index is 12.3. The Bertz CT molecular complexity index is 1450. The van der Waals surface area contributed by atoms with Gasteiger partial charge in [-0.2, -0.15) is 4.68 Å². The predicted octanol–water partition coefficient (Wildman–Crippen LogP) is 7.01. The number of imidazole rings is 1. The van der Waals surface area contributed by atoms with Crippen LogP contribution in [0.25, 0.3) is 22.9 Å². The minimum absolute atomic E-state index is 0.362. The number of halogens is 1. The van der Waals surface area contributed by atoms with E-state index in [0.29, 0.717) is 35.3 Å². The lowest BCUT2D eigenvalue weighted by molar-refractivity contribution is -0.132. The number of carbonyl (C=O) groups is 1. The molecule has 2 aromatic heterocycles. The van der Waals surface area contributed by atoms with Crippen LogP contribution in [0.5, 0.6) is 0 Å². The summed E-state index contributed by atoms with van der Waals surface area (Å²) in [5.74, 6) is 0.415. The third-order valence-corrected chi connectivity index (χ3v) is 8.00. The molecule has 1 aliphatic carbocycles. The summed E-state index contributed by atoms with van der Waals surface area (Å²) in [4.78, 5) is 16.9. The Labute approximate surface area is 239 Å². The van der Waals surface area contributed by atoms with Crippen LogP contribution in [-0.2, 0) is 17.8 Å². The zero-order valence-corrected chi connectivity index (χ0v) is 23.6. The van der Waals surface area contributed by atoms with Crippen LogP contribution in [0.15, 0.2) is 60.4 Å². The van der Waals surface area contributed by atoms with E-state index in [1.165, 1.54) is 19.3 Å². The van der Waals surface area contributed by atoms with Gasteiger partial charge in [0.05, 0.1) is 11.4 Å². The first-order valence-electron chi connectivity index (χ1n) is 14.1. The Hall–Kier alpha value is -3.78. The summed E-state index contributed by atoms with van der Waals surface area (Å²) >= 11 is 6.67. The van der Waals surface area contributed by atoms with E-state index in [0.717, 1.165) is 60.3 Å². The van der Waals surface area contributed by atoms with Crippen molar-refractivity contribution in [1.82, 2.24) is 29.8 Å². The second kappa shape index (κ2) is 13.0. The molecule has 8 nitrogen and oxygen atoms in total. The number of benzene rings is 2. The molecule has 4 aromatic rings. The van der Waals surface area contributed by atoms with Gasteiger partial charge in [0, 0.05) is 24.1 Å². The number of hydrogen-bond donors (Lipinski definition) is 1. The summed E-state index contributed by atoms with van der Waals surface area (Å²) in [5.41, 5.74) is 5.13. The zero-order valence-electron chi connectivity index (χ0n) is 22.8. The smallest absolute Gasteiger partial charge is 0.331 e. The first kappa shape index (κ1) is 27.8. The van der Waals surface area contributed by atoms with E-state index >= 15 is 0 Å². The molecule has 1 saturated carbocycles. The fourth-order valence-corrected chi connectivity index (χ4v) is 5.81. The van der Waals surface area contributed by atoms with Crippen molar-refractivity contribution in [3.8, 4) is 16.8 Å². The van der Waals surface area contributed by atoms with Crippen molar-refractivity contribution in [1.29, 1.82) is 0 Å². The first-order chi connectivity index (χ1) is 19.5. The van der Waals surface area contributed by atoms with E-state index < -0.39 is 5.97 Å². The minimum Gasteiger partial charge on any atom is -0.478 e. The molecule has 0 radical (unpaired) electrons. The first-order valence-corrected chi connectivity index (χ1v) is 14.5. The van der Waals surface area contributed by atoms with Gasteiger partial charge in [0.15, 0.2) is 5.15 Å². The maximum atomic E-state index is 12.3. The summed E-state index contributed by atoms with van der Waals surface area (Å²) in [5, 5.41) is 22.0. The molecule has 2 aromatic carbocycles. The van der Waals surface area contributed by atoms with Gasteiger partial charge >= 0.3 is 5.97 Å². The van der Waals surface area contributed by atoms with Gasteiger partial charge < -0.3 is 9.67 Å². The van der Waals surface area contributed by atoms with Crippen molar-refractivity contribution in [2.24, 2.45) is 5.92 Å². The molecule has 0 spiro atoms. The molecule has 1 fully saturated rings. The lowest BCUT2D eigenvalue weighted by Crippen LogP contribution is -2.12. The number of para-hydroxylation sites is 1. The van der Waals surface area contributed by atoms with Crippen LogP contribution in [0.4, 0.5) is 0 Å². The van der Waals surface area contributed by atoms with Crippen LogP contribution in [0, 0.1) is 5.92 Å². The van der Waals surface area contributed by atoms with Gasteiger partial charge in [-0.1, -0.05) is 99.5 Å². The molecular formula is C31H35ClN6O2. The van der Waals surface area contributed by atoms with Crippen molar-refractivity contribution >= 4 is 23.6 Å². The largest absolute Gasteiger partial charge is 0.478 e. The summed E-state index contributed by atoms with van der Waals surface area (Å²) in [6.45, 7) is 2.70. The van der Waals surface area contributed by atoms with Crippen LogP contribution >= 0.6 is 11.6 Å². The SMILES string of the molecule is CCCCc1nc(Cl)c(/C=C(\CC2CCCCC2)C(=O)O)n1Cc1ccc(-c2ccccc2-n2cnnn2)cc1. The van der Waals surface area contributed by atoms with Gasteiger partial charge in [0.25, 0.3) is 0 Å². The molecule has 0 amide bonds. The summed E-state index contributed by atoms with van der Waals surface area (Å²) in [7, 11) is 0. The van der Waals surface area contributed by atoms with Crippen LogP contribution in [0.1, 0.15) is 75.4 Å². The fourth-order valence-electron chi connectivity index (χ4n) is 5.56. The van der Waals surface area contributed by atoms with E-state index in [4.69, 9.17) is 11.6 Å². The van der Waals surface area contributed by atoms with Crippen molar-refractivity contribution in [2.45, 2.75) is 71.3 Å². The Morgan fingerprint density at radius 1 is 1.10 bits per heavy atom. The second-order valence-electron chi connectivity index (χ2n) is 10.5. The van der Waals surface area contributed by atoms with Gasteiger partial charge in [-0.25, -0.2) is 9.78 Å². The Morgan fingerprint density at radius 2 is 1.88 bits per heavy atom. The molecule has 0 saturated heterocycles. The third kappa shape index (κ3) is 6.50. The maximum Gasteiger partial charge on any atom is 0.331 e. The second-order valence-corrected chi connectivity index (χ2v) is 10.9. The topological polar surface area (TPSA) is 98.7 Å². The Balaban J connectivity index is 1.45. The van der Waals surface area contributed by atoms with Gasteiger partial charge in [0.2, 0.25) is 0 Å². The van der Waals surface area contributed by atoms with Crippen molar-refractivity contribution in [2.75, 3.05) is 0 Å². The highest BCUT2D eigenvalue weighted by Crippen LogP contribution is 2.32. The summed E-state index contributed by atoms with van der Waals surface area (Å²) in [6.07, 6.45) is 12.5. The molecule has 0 atom stereocenters. The monoisotopic (exact) mass is 558 g/mol. The van der Waals surface area contributed by atoms with E-state index in [1.54, 1.807) is 17.1 Å². The van der Waals surface area contributed by atoms with Gasteiger partial charge in [-0.05, 0) is 52.5 Å². The number of rotatable bonds is 11. The molecule has 1 aliphatic rings. The van der Waals surface area contributed by atoms with Crippen molar-refractivity contribution < 1.29 is 9.90 Å². The molecule has 0 bridgehead atoms. The van der Waals surface area contributed by atoms with Gasteiger partial charge in [-0.3, -0.25) is 0 Å².